The minimum Gasteiger partial charge on any atom is -0.508 e. The van der Waals surface area contributed by atoms with Gasteiger partial charge in [0.15, 0.2) is 0 Å². The first-order valence-electron chi connectivity index (χ1n) is 9.02. The van der Waals surface area contributed by atoms with Crippen LogP contribution in [-0.4, -0.2) is 42.2 Å². The van der Waals surface area contributed by atoms with Crippen molar-refractivity contribution in [3.8, 4) is 5.75 Å². The second-order valence-corrected chi connectivity index (χ2v) is 7.00. The summed E-state index contributed by atoms with van der Waals surface area (Å²) in [6, 6.07) is 6.69. The fourth-order valence-electron chi connectivity index (χ4n) is 4.19. The highest BCUT2D eigenvalue weighted by atomic mass is 16.3. The highest BCUT2D eigenvalue weighted by Gasteiger charge is 2.27. The van der Waals surface area contributed by atoms with Crippen molar-refractivity contribution in [3.05, 3.63) is 29.3 Å². The van der Waals surface area contributed by atoms with E-state index in [1.54, 1.807) is 0 Å². The summed E-state index contributed by atoms with van der Waals surface area (Å²) in [5.41, 5.74) is 2.56. The summed E-state index contributed by atoms with van der Waals surface area (Å²) in [5, 5.41) is 13.5. The molecule has 1 saturated heterocycles. The molecule has 3 nitrogen and oxygen atoms in total. The van der Waals surface area contributed by atoms with Gasteiger partial charge in [-0.2, -0.15) is 0 Å². The Hall–Kier alpha value is -1.06. The summed E-state index contributed by atoms with van der Waals surface area (Å²) >= 11 is 0. The van der Waals surface area contributed by atoms with E-state index in [1.807, 2.05) is 12.1 Å². The maximum atomic E-state index is 10.0. The van der Waals surface area contributed by atoms with Crippen LogP contribution < -0.4 is 5.32 Å². The largest absolute Gasteiger partial charge is 0.508 e. The first-order chi connectivity index (χ1) is 10.8. The predicted molar refractivity (Wildman–Crippen MR) is 91.4 cm³/mol. The standard InChI is InChI=1S/C19H30N2O/c1-2-12-21(14-15-8-10-20-11-9-15)17-6-7-18-16(13-17)4-3-5-19(18)22/h3-5,15,17,20,22H,2,6-14H2,1H3. The van der Waals surface area contributed by atoms with Crippen LogP contribution in [0.15, 0.2) is 18.2 Å². The van der Waals surface area contributed by atoms with Crippen molar-refractivity contribution in [3.63, 3.8) is 0 Å². The van der Waals surface area contributed by atoms with Crippen LogP contribution in [0.25, 0.3) is 0 Å². The fourth-order valence-corrected chi connectivity index (χ4v) is 4.19. The summed E-state index contributed by atoms with van der Waals surface area (Å²) in [5.74, 6) is 1.36. The highest BCUT2D eigenvalue weighted by Crippen LogP contribution is 2.31. The first-order valence-corrected chi connectivity index (χ1v) is 9.02. The van der Waals surface area contributed by atoms with E-state index in [1.165, 1.54) is 63.0 Å². The van der Waals surface area contributed by atoms with Gasteiger partial charge in [-0.1, -0.05) is 19.1 Å². The smallest absolute Gasteiger partial charge is 0.119 e. The molecule has 22 heavy (non-hydrogen) atoms. The van der Waals surface area contributed by atoms with Gasteiger partial charge in [0.05, 0.1) is 0 Å². The lowest BCUT2D eigenvalue weighted by atomic mass is 9.86. The number of hydrogen-bond acceptors (Lipinski definition) is 3. The van der Waals surface area contributed by atoms with Crippen LogP contribution in [0, 0.1) is 5.92 Å². The van der Waals surface area contributed by atoms with E-state index in [0.717, 1.165) is 18.8 Å². The van der Waals surface area contributed by atoms with Gasteiger partial charge in [0.1, 0.15) is 5.75 Å². The van der Waals surface area contributed by atoms with Crippen molar-refractivity contribution in [2.24, 2.45) is 5.92 Å². The number of rotatable bonds is 5. The Morgan fingerprint density at radius 1 is 1.23 bits per heavy atom. The number of nitrogens with zero attached hydrogens (tertiary/aromatic N) is 1. The zero-order chi connectivity index (χ0) is 15.4. The maximum absolute atomic E-state index is 10.0. The van der Waals surface area contributed by atoms with Gasteiger partial charge in [-0.3, -0.25) is 4.90 Å². The van der Waals surface area contributed by atoms with E-state index in [2.05, 4.69) is 23.2 Å². The molecule has 0 aromatic heterocycles. The SMILES string of the molecule is CCCN(CC1CCNCC1)C1CCc2c(O)cccc2C1. The average Bonchev–Trinajstić information content (AvgIpc) is 2.55. The molecular formula is C19H30N2O. The van der Waals surface area contributed by atoms with E-state index in [-0.39, 0.29) is 0 Å². The van der Waals surface area contributed by atoms with Gasteiger partial charge in [-0.15, -0.1) is 0 Å². The summed E-state index contributed by atoms with van der Waals surface area (Å²) in [6.45, 7) is 7.13. The molecule has 0 saturated carbocycles. The lowest BCUT2D eigenvalue weighted by molar-refractivity contribution is 0.139. The van der Waals surface area contributed by atoms with Crippen LogP contribution in [0.4, 0.5) is 0 Å². The molecule has 1 aliphatic heterocycles. The molecule has 0 spiro atoms. The van der Waals surface area contributed by atoms with Crippen molar-refractivity contribution >= 4 is 0 Å². The number of aromatic hydroxyl groups is 1. The van der Waals surface area contributed by atoms with E-state index in [4.69, 9.17) is 0 Å². The Morgan fingerprint density at radius 3 is 2.82 bits per heavy atom. The van der Waals surface area contributed by atoms with Crippen LogP contribution in [0.2, 0.25) is 0 Å². The molecule has 1 atom stereocenters. The third-order valence-corrected chi connectivity index (χ3v) is 5.41. The van der Waals surface area contributed by atoms with Crippen molar-refractivity contribution in [2.75, 3.05) is 26.2 Å². The van der Waals surface area contributed by atoms with Crippen molar-refractivity contribution < 1.29 is 5.11 Å². The Labute approximate surface area is 134 Å². The van der Waals surface area contributed by atoms with E-state index < -0.39 is 0 Å². The molecule has 1 unspecified atom stereocenters. The van der Waals surface area contributed by atoms with Gasteiger partial charge in [0.2, 0.25) is 0 Å². The van der Waals surface area contributed by atoms with Crippen LogP contribution in [-0.2, 0) is 12.8 Å². The zero-order valence-corrected chi connectivity index (χ0v) is 13.9. The molecule has 122 valence electrons. The monoisotopic (exact) mass is 302 g/mol. The van der Waals surface area contributed by atoms with Gasteiger partial charge in [-0.05, 0) is 81.3 Å². The fraction of sp³-hybridized carbons (Fsp3) is 0.684. The summed E-state index contributed by atoms with van der Waals surface area (Å²) in [6.07, 6.45) is 7.20. The Bertz CT molecular complexity index is 482. The number of hydrogen-bond donors (Lipinski definition) is 2. The number of fused-ring (bicyclic) bond motifs is 1. The highest BCUT2D eigenvalue weighted by molar-refractivity contribution is 5.41. The van der Waals surface area contributed by atoms with Crippen LogP contribution >= 0.6 is 0 Å². The maximum Gasteiger partial charge on any atom is 0.119 e. The van der Waals surface area contributed by atoms with E-state index >= 15 is 0 Å². The van der Waals surface area contributed by atoms with E-state index in [9.17, 15) is 5.11 Å². The number of phenols is 1. The topological polar surface area (TPSA) is 35.5 Å². The van der Waals surface area contributed by atoms with Gasteiger partial charge in [-0.25, -0.2) is 0 Å². The second kappa shape index (κ2) is 7.47. The molecule has 2 N–H and O–H groups in total. The quantitative estimate of drug-likeness (QED) is 0.878. The first kappa shape index (κ1) is 15.8. The van der Waals surface area contributed by atoms with Crippen molar-refractivity contribution in [2.45, 2.75) is 51.5 Å². The molecule has 1 heterocycles. The molecule has 2 aliphatic rings. The lowest BCUT2D eigenvalue weighted by Gasteiger charge is -2.38. The van der Waals surface area contributed by atoms with Crippen LogP contribution in [0.1, 0.15) is 43.7 Å². The molecule has 0 radical (unpaired) electrons. The number of piperidine rings is 1. The molecule has 0 bridgehead atoms. The summed E-state index contributed by atoms with van der Waals surface area (Å²) in [7, 11) is 0. The Kier molecular flexibility index (Phi) is 5.37. The molecule has 3 rings (SSSR count). The molecule has 0 amide bonds. The summed E-state index contributed by atoms with van der Waals surface area (Å²) in [4.78, 5) is 2.74. The minimum absolute atomic E-state index is 0.497. The van der Waals surface area contributed by atoms with Crippen LogP contribution in [0.3, 0.4) is 0 Å². The number of phenolic OH excluding ortho intramolecular Hbond substituents is 1. The van der Waals surface area contributed by atoms with Crippen molar-refractivity contribution in [1.82, 2.24) is 10.2 Å². The molecule has 3 heteroatoms. The second-order valence-electron chi connectivity index (χ2n) is 7.00. The lowest BCUT2D eigenvalue weighted by Crippen LogP contribution is -2.44. The number of benzene rings is 1. The Balaban J connectivity index is 1.67. The normalized spacial score (nSPS) is 22.7. The van der Waals surface area contributed by atoms with Gasteiger partial charge in [0, 0.05) is 12.6 Å². The minimum atomic E-state index is 0.497. The molecule has 1 fully saturated rings. The molecular weight excluding hydrogens is 272 g/mol. The Morgan fingerprint density at radius 2 is 2.05 bits per heavy atom. The van der Waals surface area contributed by atoms with Crippen molar-refractivity contribution in [1.29, 1.82) is 0 Å². The van der Waals surface area contributed by atoms with Gasteiger partial charge >= 0.3 is 0 Å². The van der Waals surface area contributed by atoms with Gasteiger partial charge in [0.25, 0.3) is 0 Å². The summed E-state index contributed by atoms with van der Waals surface area (Å²) < 4.78 is 0. The molecule has 1 aromatic rings. The predicted octanol–water partition coefficient (Wildman–Crippen LogP) is 2.96. The van der Waals surface area contributed by atoms with E-state index in [0.29, 0.717) is 11.8 Å². The third kappa shape index (κ3) is 3.64. The molecule has 1 aliphatic carbocycles. The number of nitrogens with one attached hydrogen (secondary N) is 1. The van der Waals surface area contributed by atoms with Gasteiger partial charge < -0.3 is 10.4 Å². The van der Waals surface area contributed by atoms with Crippen LogP contribution in [0.5, 0.6) is 5.75 Å². The zero-order valence-electron chi connectivity index (χ0n) is 13.9. The molecule has 1 aromatic carbocycles. The average molecular weight is 302 g/mol. The third-order valence-electron chi connectivity index (χ3n) is 5.41.